The van der Waals surface area contributed by atoms with E-state index in [1.165, 1.54) is 23.2 Å². The quantitative estimate of drug-likeness (QED) is 0.304. The van der Waals surface area contributed by atoms with Gasteiger partial charge in [0.2, 0.25) is 0 Å². The Morgan fingerprint density at radius 3 is 2.75 bits per heavy atom. The molecule has 1 fully saturated rings. The van der Waals surface area contributed by atoms with E-state index in [4.69, 9.17) is 10.6 Å². The number of nitrogens with two attached hydrogens (primary N) is 1. The van der Waals surface area contributed by atoms with E-state index >= 15 is 0 Å². The van der Waals surface area contributed by atoms with Crippen molar-refractivity contribution in [3.63, 3.8) is 0 Å². The Kier molecular flexibility index (Phi) is 5.44. The predicted octanol–water partition coefficient (Wildman–Crippen LogP) is 5.77. The molecule has 3 aromatic rings. The number of thiazole rings is 1. The summed E-state index contributed by atoms with van der Waals surface area (Å²) in [7, 11) is -0.236. The van der Waals surface area contributed by atoms with Crippen LogP contribution in [0.4, 0.5) is 5.69 Å². The van der Waals surface area contributed by atoms with Crippen molar-refractivity contribution in [3.05, 3.63) is 64.2 Å². The minimum atomic E-state index is -0.236. The van der Waals surface area contributed by atoms with E-state index in [-0.39, 0.29) is 8.61 Å². The number of hydrazine groups is 1. The molecule has 144 valence electrons. The number of hydrogen-bond donors (Lipinski definition) is 1. The maximum Gasteiger partial charge on any atom is 0.297 e. The van der Waals surface area contributed by atoms with E-state index < -0.39 is 0 Å². The van der Waals surface area contributed by atoms with Gasteiger partial charge in [0.15, 0.2) is 0 Å². The van der Waals surface area contributed by atoms with E-state index in [1.54, 1.807) is 11.3 Å². The van der Waals surface area contributed by atoms with Crippen molar-refractivity contribution in [3.8, 4) is 16.3 Å². The third-order valence-corrected chi connectivity index (χ3v) is 6.35. The molecule has 0 bridgehead atoms. The van der Waals surface area contributed by atoms with Gasteiger partial charge in [0.05, 0.1) is 5.69 Å². The SMILES string of the molecule is Cc1csc(-c2ccc(OCc3c(C4CC4)cccc3N(N)P=O)c(C)c2)n1. The molecule has 5 nitrogen and oxygen atoms in total. The molecule has 7 heteroatoms. The molecule has 4 rings (SSSR count). The lowest BCUT2D eigenvalue weighted by atomic mass is 10.0. The van der Waals surface area contributed by atoms with Crippen LogP contribution in [0.25, 0.3) is 10.6 Å². The third-order valence-electron chi connectivity index (χ3n) is 4.95. The Labute approximate surface area is 170 Å². The van der Waals surface area contributed by atoms with Crippen LogP contribution in [0.3, 0.4) is 0 Å². The highest BCUT2D eigenvalue weighted by Gasteiger charge is 2.28. The van der Waals surface area contributed by atoms with Crippen LogP contribution in [0.5, 0.6) is 5.75 Å². The van der Waals surface area contributed by atoms with Gasteiger partial charge in [-0.25, -0.2) is 20.2 Å². The molecule has 0 atom stereocenters. The van der Waals surface area contributed by atoms with Crippen molar-refractivity contribution in [2.45, 2.75) is 39.2 Å². The van der Waals surface area contributed by atoms with E-state index in [0.29, 0.717) is 12.5 Å². The number of anilines is 1. The molecule has 0 aliphatic heterocycles. The minimum absolute atomic E-state index is 0.236. The van der Waals surface area contributed by atoms with Crippen LogP contribution < -0.4 is 15.4 Å². The average Bonchev–Trinajstić information content (AvgIpc) is 3.46. The summed E-state index contributed by atoms with van der Waals surface area (Å²) in [6.07, 6.45) is 2.36. The molecule has 0 radical (unpaired) electrons. The molecule has 1 aliphatic carbocycles. The van der Waals surface area contributed by atoms with E-state index in [0.717, 1.165) is 38.8 Å². The summed E-state index contributed by atoms with van der Waals surface area (Å²) in [5, 5.41) is 3.07. The van der Waals surface area contributed by atoms with Gasteiger partial charge in [0.25, 0.3) is 8.61 Å². The summed E-state index contributed by atoms with van der Waals surface area (Å²) in [5.41, 5.74) is 6.18. The zero-order valence-corrected chi connectivity index (χ0v) is 17.6. The first-order chi connectivity index (χ1) is 13.6. The van der Waals surface area contributed by atoms with Crippen LogP contribution in [-0.4, -0.2) is 4.98 Å². The third kappa shape index (κ3) is 3.95. The second kappa shape index (κ2) is 8.00. The number of nitrogens with zero attached hydrogens (tertiary/aromatic N) is 2. The molecule has 28 heavy (non-hydrogen) atoms. The highest BCUT2D eigenvalue weighted by molar-refractivity contribution is 7.25. The molecule has 2 N–H and O–H groups in total. The maximum absolute atomic E-state index is 11.3. The highest BCUT2D eigenvalue weighted by atomic mass is 32.1. The molecule has 0 unspecified atom stereocenters. The molecule has 0 amide bonds. The van der Waals surface area contributed by atoms with E-state index in [1.807, 2.05) is 38.1 Å². The zero-order valence-electron chi connectivity index (χ0n) is 15.9. The van der Waals surface area contributed by atoms with Crippen molar-refractivity contribution >= 4 is 25.6 Å². The van der Waals surface area contributed by atoms with Gasteiger partial charge in [-0.1, -0.05) is 12.1 Å². The van der Waals surface area contributed by atoms with Gasteiger partial charge in [-0.2, -0.15) is 0 Å². The topological polar surface area (TPSA) is 68.5 Å². The van der Waals surface area contributed by atoms with Gasteiger partial charge in [0.1, 0.15) is 17.4 Å². The highest BCUT2D eigenvalue weighted by Crippen LogP contribution is 2.44. The summed E-state index contributed by atoms with van der Waals surface area (Å²) in [5.74, 6) is 7.30. The summed E-state index contributed by atoms with van der Waals surface area (Å²) in [6.45, 7) is 4.43. The van der Waals surface area contributed by atoms with Crippen molar-refractivity contribution in [2.75, 3.05) is 4.78 Å². The van der Waals surface area contributed by atoms with Crippen LogP contribution >= 0.6 is 19.9 Å². The Morgan fingerprint density at radius 2 is 2.11 bits per heavy atom. The second-order valence-electron chi connectivity index (χ2n) is 7.11. The van der Waals surface area contributed by atoms with Gasteiger partial charge in [-0.3, -0.25) is 0 Å². The van der Waals surface area contributed by atoms with Crippen molar-refractivity contribution in [2.24, 2.45) is 5.84 Å². The van der Waals surface area contributed by atoms with Crippen LogP contribution in [0.15, 0.2) is 41.8 Å². The largest absolute Gasteiger partial charge is 0.489 e. The van der Waals surface area contributed by atoms with Gasteiger partial charge in [0, 0.05) is 22.2 Å². The normalized spacial score (nSPS) is 13.7. The van der Waals surface area contributed by atoms with Crippen LogP contribution in [0.2, 0.25) is 0 Å². The first-order valence-electron chi connectivity index (χ1n) is 9.22. The van der Waals surface area contributed by atoms with Crippen LogP contribution in [0, 0.1) is 13.8 Å². The van der Waals surface area contributed by atoms with Crippen molar-refractivity contribution in [1.82, 2.24) is 4.98 Å². The number of aryl methyl sites for hydroxylation is 2. The van der Waals surface area contributed by atoms with Gasteiger partial charge in [-0.05, 0) is 68.0 Å². The van der Waals surface area contributed by atoms with Crippen LogP contribution in [0.1, 0.15) is 41.1 Å². The molecule has 1 heterocycles. The van der Waals surface area contributed by atoms with Crippen molar-refractivity contribution < 1.29 is 9.30 Å². The molecule has 1 aliphatic rings. The Hall–Kier alpha value is -2.27. The molecular formula is C21H22N3O2PS. The number of benzene rings is 2. The molecular weight excluding hydrogens is 389 g/mol. The predicted molar refractivity (Wildman–Crippen MR) is 114 cm³/mol. The number of rotatable bonds is 7. The summed E-state index contributed by atoms with van der Waals surface area (Å²) in [6, 6.07) is 12.1. The Balaban J connectivity index is 1.58. The van der Waals surface area contributed by atoms with E-state index in [2.05, 4.69) is 22.5 Å². The number of ether oxygens (including phenoxy) is 1. The minimum Gasteiger partial charge on any atom is -0.489 e. The van der Waals surface area contributed by atoms with E-state index in [9.17, 15) is 4.57 Å². The number of hydrogen-bond acceptors (Lipinski definition) is 5. The Morgan fingerprint density at radius 1 is 1.29 bits per heavy atom. The van der Waals surface area contributed by atoms with Crippen molar-refractivity contribution in [1.29, 1.82) is 0 Å². The molecule has 0 saturated heterocycles. The standard InChI is InChI=1S/C21H22N3O2PS/c1-13-10-16(21-23-14(2)12-28-21)8-9-20(13)26-11-18-17(15-6-7-15)4-3-5-19(18)24(22)27-25/h3-5,8-10,12,15H,6-7,11,22H2,1-2H3. The summed E-state index contributed by atoms with van der Waals surface area (Å²) < 4.78 is 18.7. The maximum atomic E-state index is 11.3. The fourth-order valence-electron chi connectivity index (χ4n) is 3.37. The van der Waals surface area contributed by atoms with Gasteiger partial charge in [-0.15, -0.1) is 11.3 Å². The lowest BCUT2D eigenvalue weighted by Gasteiger charge is -2.19. The molecule has 1 aromatic heterocycles. The monoisotopic (exact) mass is 411 g/mol. The Bertz CT molecular complexity index is 1020. The van der Waals surface area contributed by atoms with Crippen LogP contribution in [-0.2, 0) is 11.2 Å². The smallest absolute Gasteiger partial charge is 0.297 e. The van der Waals surface area contributed by atoms with Gasteiger partial charge >= 0.3 is 0 Å². The van der Waals surface area contributed by atoms with Gasteiger partial charge < -0.3 is 4.74 Å². The molecule has 1 saturated carbocycles. The summed E-state index contributed by atoms with van der Waals surface area (Å²) >= 11 is 1.65. The lowest BCUT2D eigenvalue weighted by molar-refractivity contribution is 0.303. The first-order valence-corrected chi connectivity index (χ1v) is 10.9. The first kappa shape index (κ1) is 19.1. The molecule has 0 spiro atoms. The summed E-state index contributed by atoms with van der Waals surface area (Å²) in [4.78, 5) is 4.55. The molecule has 2 aromatic carbocycles. The fourth-order valence-corrected chi connectivity index (χ4v) is 4.44. The lowest BCUT2D eigenvalue weighted by Crippen LogP contribution is -2.21. The second-order valence-corrected chi connectivity index (χ2v) is 8.56. The zero-order chi connectivity index (χ0) is 19.7. The number of aromatic nitrogens is 1. The average molecular weight is 411 g/mol. The fraction of sp³-hybridized carbons (Fsp3) is 0.286.